The largest absolute Gasteiger partial charge is 0.330 e. The Morgan fingerprint density at radius 2 is 2.28 bits per heavy atom. The number of nitrogens with one attached hydrogen (secondary N) is 1. The molecule has 1 aromatic carbocycles. The number of hydrogen-bond donors (Lipinski definition) is 1. The van der Waals surface area contributed by atoms with Gasteiger partial charge in [0.2, 0.25) is 0 Å². The second-order valence-electron chi connectivity index (χ2n) is 3.77. The summed E-state index contributed by atoms with van der Waals surface area (Å²) in [4.78, 5) is 5.68. The molecule has 1 N–H and O–H groups in total. The number of thiazole rings is 1. The van der Waals surface area contributed by atoms with Gasteiger partial charge in [-0.15, -0.1) is 11.3 Å². The minimum Gasteiger partial charge on any atom is -0.330 e. The minimum absolute atomic E-state index is 0.449. The van der Waals surface area contributed by atoms with Crippen LogP contribution >= 0.6 is 22.9 Å². The predicted molar refractivity (Wildman–Crippen MR) is 75.7 cm³/mol. The first-order chi connectivity index (χ1) is 8.65. The van der Waals surface area contributed by atoms with Crippen molar-refractivity contribution in [2.45, 2.75) is 20.3 Å². The molecule has 0 aliphatic heterocycles. The van der Waals surface area contributed by atoms with Crippen LogP contribution < -0.4 is 5.32 Å². The van der Waals surface area contributed by atoms with Crippen LogP contribution in [0.2, 0.25) is 5.02 Å². The van der Waals surface area contributed by atoms with E-state index in [0.29, 0.717) is 16.3 Å². The van der Waals surface area contributed by atoms with E-state index in [-0.39, 0.29) is 0 Å². The number of aryl methyl sites for hydroxylation is 2. The molecule has 0 radical (unpaired) electrons. The summed E-state index contributed by atoms with van der Waals surface area (Å²) in [5, 5.41) is 13.5. The molecule has 0 spiro atoms. The Morgan fingerprint density at radius 1 is 1.50 bits per heavy atom. The van der Waals surface area contributed by atoms with Gasteiger partial charge in [-0.3, -0.25) is 0 Å². The Labute approximate surface area is 115 Å². The lowest BCUT2D eigenvalue weighted by Gasteiger charge is -2.05. The van der Waals surface area contributed by atoms with Crippen LogP contribution in [0, 0.1) is 18.3 Å². The van der Waals surface area contributed by atoms with E-state index in [9.17, 15) is 0 Å². The zero-order chi connectivity index (χ0) is 13.1. The first-order valence-corrected chi connectivity index (χ1v) is 6.77. The summed E-state index contributed by atoms with van der Waals surface area (Å²) in [6.45, 7) is 4.12. The van der Waals surface area contributed by atoms with Gasteiger partial charge in [-0.25, -0.2) is 4.98 Å². The molecule has 0 fully saturated rings. The zero-order valence-electron chi connectivity index (χ0n) is 10.1. The Bertz CT molecular complexity index is 613. The molecule has 0 unspecified atom stereocenters. The van der Waals surface area contributed by atoms with E-state index in [4.69, 9.17) is 16.9 Å². The lowest BCUT2D eigenvalue weighted by molar-refractivity contribution is 1.05. The minimum atomic E-state index is 0.449. The number of rotatable bonds is 3. The highest BCUT2D eigenvalue weighted by Gasteiger charge is 2.10. The van der Waals surface area contributed by atoms with Crippen molar-refractivity contribution in [3.63, 3.8) is 0 Å². The third-order valence-corrected chi connectivity index (χ3v) is 3.84. The molecule has 92 valence electrons. The maximum atomic E-state index is 9.09. The van der Waals surface area contributed by atoms with Gasteiger partial charge >= 0.3 is 0 Å². The van der Waals surface area contributed by atoms with Crippen LogP contribution in [0.15, 0.2) is 18.2 Å². The van der Waals surface area contributed by atoms with E-state index in [1.54, 1.807) is 17.4 Å². The Balaban J connectivity index is 2.34. The number of nitriles is 1. The summed E-state index contributed by atoms with van der Waals surface area (Å²) in [7, 11) is 0. The van der Waals surface area contributed by atoms with Crippen LogP contribution in [-0.2, 0) is 6.42 Å². The summed E-state index contributed by atoms with van der Waals surface area (Å²) in [6, 6.07) is 7.44. The second kappa shape index (κ2) is 5.38. The monoisotopic (exact) mass is 277 g/mol. The molecular weight excluding hydrogens is 266 g/mol. The van der Waals surface area contributed by atoms with Crippen molar-refractivity contribution < 1.29 is 0 Å². The fourth-order valence-electron chi connectivity index (χ4n) is 1.67. The molecule has 0 atom stereocenters. The molecule has 1 heterocycles. The number of benzene rings is 1. The highest BCUT2D eigenvalue weighted by atomic mass is 35.5. The van der Waals surface area contributed by atoms with E-state index in [1.165, 1.54) is 4.88 Å². The van der Waals surface area contributed by atoms with Crippen LogP contribution in [0.1, 0.15) is 23.1 Å². The second-order valence-corrected chi connectivity index (χ2v) is 5.39. The van der Waals surface area contributed by atoms with Gasteiger partial charge in [0.05, 0.1) is 22.0 Å². The van der Waals surface area contributed by atoms with E-state index in [2.05, 4.69) is 23.3 Å². The Morgan fingerprint density at radius 3 is 2.89 bits per heavy atom. The van der Waals surface area contributed by atoms with Crippen molar-refractivity contribution in [2.24, 2.45) is 0 Å². The van der Waals surface area contributed by atoms with E-state index >= 15 is 0 Å². The molecule has 0 amide bonds. The molecule has 1 aromatic heterocycles. The summed E-state index contributed by atoms with van der Waals surface area (Å²) < 4.78 is 0. The van der Waals surface area contributed by atoms with Gasteiger partial charge in [0, 0.05) is 4.88 Å². The number of anilines is 2. The van der Waals surface area contributed by atoms with Gasteiger partial charge < -0.3 is 5.32 Å². The average molecular weight is 278 g/mol. The van der Waals surface area contributed by atoms with Crippen LogP contribution in [0.5, 0.6) is 0 Å². The molecule has 0 saturated heterocycles. The molecule has 0 aliphatic carbocycles. The smallest absolute Gasteiger partial charge is 0.187 e. The van der Waals surface area contributed by atoms with Crippen molar-refractivity contribution >= 4 is 33.8 Å². The zero-order valence-corrected chi connectivity index (χ0v) is 11.7. The highest BCUT2D eigenvalue weighted by Crippen LogP contribution is 2.29. The van der Waals surface area contributed by atoms with Crippen molar-refractivity contribution in [3.8, 4) is 6.07 Å². The summed E-state index contributed by atoms with van der Waals surface area (Å²) in [6.07, 6.45) is 0.907. The highest BCUT2D eigenvalue weighted by molar-refractivity contribution is 7.15. The number of nitrogens with zero attached hydrogens (tertiary/aromatic N) is 2. The van der Waals surface area contributed by atoms with Crippen molar-refractivity contribution in [3.05, 3.63) is 39.4 Å². The average Bonchev–Trinajstić information content (AvgIpc) is 2.70. The van der Waals surface area contributed by atoms with Crippen LogP contribution in [-0.4, -0.2) is 4.98 Å². The standard InChI is InChI=1S/C13H12ClN3S/c1-3-11-8(2)18-13(16-11)17-12-6-4-5-10(14)9(12)7-15/h4-6H,3H2,1-2H3,(H,16,17). The predicted octanol–water partition coefficient (Wildman–Crippen LogP) is 4.28. The normalized spacial score (nSPS) is 10.1. The summed E-state index contributed by atoms with van der Waals surface area (Å²) in [5.41, 5.74) is 2.23. The number of halogens is 1. The molecule has 5 heteroatoms. The third kappa shape index (κ3) is 2.47. The van der Waals surface area contributed by atoms with Gasteiger partial charge in [-0.05, 0) is 25.5 Å². The molecular formula is C13H12ClN3S. The van der Waals surface area contributed by atoms with Crippen LogP contribution in [0.25, 0.3) is 0 Å². The number of hydrogen-bond acceptors (Lipinski definition) is 4. The van der Waals surface area contributed by atoms with E-state index in [1.807, 2.05) is 19.1 Å². The maximum absolute atomic E-state index is 9.09. The molecule has 2 rings (SSSR count). The van der Waals surface area contributed by atoms with E-state index < -0.39 is 0 Å². The van der Waals surface area contributed by atoms with Gasteiger partial charge in [0.1, 0.15) is 6.07 Å². The molecule has 2 aromatic rings. The maximum Gasteiger partial charge on any atom is 0.187 e. The molecule has 18 heavy (non-hydrogen) atoms. The van der Waals surface area contributed by atoms with Crippen molar-refractivity contribution in [2.75, 3.05) is 5.32 Å². The molecule has 0 bridgehead atoms. The summed E-state index contributed by atoms with van der Waals surface area (Å²) in [5.74, 6) is 0. The Kier molecular flexibility index (Phi) is 3.85. The van der Waals surface area contributed by atoms with Crippen LogP contribution in [0.4, 0.5) is 10.8 Å². The fraction of sp³-hybridized carbons (Fsp3) is 0.231. The van der Waals surface area contributed by atoms with Gasteiger partial charge in [0.15, 0.2) is 5.13 Å². The molecule has 3 nitrogen and oxygen atoms in total. The lowest BCUT2D eigenvalue weighted by Crippen LogP contribution is -1.94. The SMILES string of the molecule is CCc1nc(Nc2cccc(Cl)c2C#N)sc1C. The number of aromatic nitrogens is 1. The van der Waals surface area contributed by atoms with Crippen molar-refractivity contribution in [1.29, 1.82) is 5.26 Å². The van der Waals surface area contributed by atoms with E-state index in [0.717, 1.165) is 17.2 Å². The molecule has 0 saturated carbocycles. The Hall–Kier alpha value is -1.57. The van der Waals surface area contributed by atoms with Gasteiger partial charge in [-0.1, -0.05) is 24.6 Å². The molecule has 0 aliphatic rings. The van der Waals surface area contributed by atoms with Gasteiger partial charge in [-0.2, -0.15) is 5.26 Å². The topological polar surface area (TPSA) is 48.7 Å². The van der Waals surface area contributed by atoms with Crippen LogP contribution in [0.3, 0.4) is 0 Å². The lowest BCUT2D eigenvalue weighted by atomic mass is 10.2. The third-order valence-electron chi connectivity index (χ3n) is 2.59. The summed E-state index contributed by atoms with van der Waals surface area (Å²) >= 11 is 7.56. The van der Waals surface area contributed by atoms with Gasteiger partial charge in [0.25, 0.3) is 0 Å². The van der Waals surface area contributed by atoms with Crippen molar-refractivity contribution in [1.82, 2.24) is 4.98 Å². The first-order valence-electron chi connectivity index (χ1n) is 5.57. The first kappa shape index (κ1) is 12.9. The fourth-order valence-corrected chi connectivity index (χ4v) is 2.80. The quantitative estimate of drug-likeness (QED) is 0.911.